The van der Waals surface area contributed by atoms with Crippen molar-refractivity contribution in [2.75, 3.05) is 13.6 Å². The standard InChI is InChI=1S/C10H16FN/c1-3-7-10(11)8-5-4-6-9-12-2/h3-8,10,12H,9H2,1-2H3/b6-4+,7-3-,8-5?. The maximum Gasteiger partial charge on any atom is 0.137 e. The zero-order valence-corrected chi connectivity index (χ0v) is 7.63. The molecule has 0 aromatic rings. The number of hydrogen-bond acceptors (Lipinski definition) is 1. The number of nitrogens with one attached hydrogen (secondary N) is 1. The van der Waals surface area contributed by atoms with Crippen molar-refractivity contribution >= 4 is 0 Å². The Morgan fingerprint density at radius 1 is 1.33 bits per heavy atom. The highest BCUT2D eigenvalue weighted by Crippen LogP contribution is 1.95. The summed E-state index contributed by atoms with van der Waals surface area (Å²) in [6.07, 6.45) is 9.21. The van der Waals surface area contributed by atoms with E-state index < -0.39 is 6.17 Å². The number of likely N-dealkylation sites (N-methyl/N-ethyl adjacent to an activating group) is 1. The van der Waals surface area contributed by atoms with Gasteiger partial charge < -0.3 is 5.32 Å². The average molecular weight is 169 g/mol. The quantitative estimate of drug-likeness (QED) is 0.491. The van der Waals surface area contributed by atoms with E-state index in [9.17, 15) is 4.39 Å². The Labute approximate surface area is 73.7 Å². The first kappa shape index (κ1) is 11.1. The zero-order chi connectivity index (χ0) is 9.23. The lowest BCUT2D eigenvalue weighted by Crippen LogP contribution is -2.03. The van der Waals surface area contributed by atoms with Gasteiger partial charge in [0.15, 0.2) is 0 Å². The molecule has 1 N–H and O–H groups in total. The van der Waals surface area contributed by atoms with Crippen molar-refractivity contribution in [3.63, 3.8) is 0 Å². The number of halogens is 1. The number of alkyl halides is 1. The van der Waals surface area contributed by atoms with Gasteiger partial charge in [0.2, 0.25) is 0 Å². The summed E-state index contributed by atoms with van der Waals surface area (Å²) in [6.45, 7) is 2.61. The van der Waals surface area contributed by atoms with Crippen LogP contribution in [0.25, 0.3) is 0 Å². The van der Waals surface area contributed by atoms with Gasteiger partial charge in [-0.2, -0.15) is 0 Å². The summed E-state index contributed by atoms with van der Waals surface area (Å²) >= 11 is 0. The Bertz CT molecular complexity index is 171. The SMILES string of the molecule is C/C=C\C(F)C=C/C=C/CNC. The van der Waals surface area contributed by atoms with Crippen LogP contribution >= 0.6 is 0 Å². The van der Waals surface area contributed by atoms with Gasteiger partial charge >= 0.3 is 0 Å². The summed E-state index contributed by atoms with van der Waals surface area (Å²) in [7, 11) is 1.87. The molecule has 1 nitrogen and oxygen atoms in total. The number of hydrogen-bond donors (Lipinski definition) is 1. The molecule has 0 spiro atoms. The normalized spacial score (nSPS) is 15.2. The van der Waals surface area contributed by atoms with Crippen molar-refractivity contribution in [1.29, 1.82) is 0 Å². The Morgan fingerprint density at radius 2 is 2.08 bits per heavy atom. The van der Waals surface area contributed by atoms with E-state index in [1.165, 1.54) is 12.2 Å². The summed E-state index contributed by atoms with van der Waals surface area (Å²) in [5, 5.41) is 2.95. The second kappa shape index (κ2) is 8.21. The third-order valence-electron chi connectivity index (χ3n) is 1.24. The van der Waals surface area contributed by atoms with Crippen LogP contribution in [0.5, 0.6) is 0 Å². The maximum absolute atomic E-state index is 12.7. The third kappa shape index (κ3) is 7.22. The first-order valence-corrected chi connectivity index (χ1v) is 4.06. The van der Waals surface area contributed by atoms with Crippen LogP contribution in [-0.2, 0) is 0 Å². The van der Waals surface area contributed by atoms with Crippen molar-refractivity contribution in [1.82, 2.24) is 5.32 Å². The van der Waals surface area contributed by atoms with Crippen molar-refractivity contribution in [2.24, 2.45) is 0 Å². The van der Waals surface area contributed by atoms with E-state index >= 15 is 0 Å². The molecule has 0 saturated heterocycles. The largest absolute Gasteiger partial charge is 0.316 e. The number of allylic oxidation sites excluding steroid dienone is 5. The first-order chi connectivity index (χ1) is 5.81. The molecule has 0 aliphatic rings. The molecule has 68 valence electrons. The van der Waals surface area contributed by atoms with Crippen LogP contribution in [0.2, 0.25) is 0 Å². The van der Waals surface area contributed by atoms with Gasteiger partial charge in [-0.15, -0.1) is 0 Å². The molecular formula is C10H16FN. The van der Waals surface area contributed by atoms with E-state index in [4.69, 9.17) is 0 Å². The fourth-order valence-corrected chi connectivity index (χ4v) is 0.683. The monoisotopic (exact) mass is 169 g/mol. The molecule has 2 heteroatoms. The molecule has 0 fully saturated rings. The Hall–Kier alpha value is -0.890. The summed E-state index contributed by atoms with van der Waals surface area (Å²) < 4.78 is 12.7. The van der Waals surface area contributed by atoms with E-state index in [0.29, 0.717) is 0 Å². The van der Waals surface area contributed by atoms with Gasteiger partial charge in [-0.1, -0.05) is 30.4 Å². The van der Waals surface area contributed by atoms with Gasteiger partial charge in [-0.3, -0.25) is 0 Å². The van der Waals surface area contributed by atoms with Gasteiger partial charge in [-0.25, -0.2) is 4.39 Å². The van der Waals surface area contributed by atoms with E-state index in [-0.39, 0.29) is 0 Å². The lowest BCUT2D eigenvalue weighted by molar-refractivity contribution is 0.469. The summed E-state index contributed by atoms with van der Waals surface area (Å²) in [4.78, 5) is 0. The molecule has 0 aromatic heterocycles. The molecule has 0 heterocycles. The van der Waals surface area contributed by atoms with Gasteiger partial charge in [0.1, 0.15) is 6.17 Å². The second-order valence-corrected chi connectivity index (χ2v) is 2.34. The van der Waals surface area contributed by atoms with E-state index in [2.05, 4.69) is 5.32 Å². The highest BCUT2D eigenvalue weighted by molar-refractivity contribution is 5.09. The van der Waals surface area contributed by atoms with Crippen LogP contribution in [-0.4, -0.2) is 19.8 Å². The van der Waals surface area contributed by atoms with Crippen molar-refractivity contribution in [3.8, 4) is 0 Å². The fourth-order valence-electron chi connectivity index (χ4n) is 0.683. The fraction of sp³-hybridized carbons (Fsp3) is 0.400. The molecule has 0 aromatic carbocycles. The van der Waals surface area contributed by atoms with Crippen LogP contribution in [0.1, 0.15) is 6.92 Å². The topological polar surface area (TPSA) is 12.0 Å². The smallest absolute Gasteiger partial charge is 0.137 e. The predicted octanol–water partition coefficient (Wildman–Crippen LogP) is 2.23. The Kier molecular flexibility index (Phi) is 7.60. The molecule has 0 bridgehead atoms. The van der Waals surface area contributed by atoms with Crippen molar-refractivity contribution < 1.29 is 4.39 Å². The minimum absolute atomic E-state index is 0.810. The summed E-state index contributed by atoms with van der Waals surface area (Å²) in [5.41, 5.74) is 0. The molecule has 0 aliphatic carbocycles. The van der Waals surface area contributed by atoms with Gasteiger partial charge in [0.25, 0.3) is 0 Å². The zero-order valence-electron chi connectivity index (χ0n) is 7.63. The van der Waals surface area contributed by atoms with Gasteiger partial charge in [0.05, 0.1) is 0 Å². The van der Waals surface area contributed by atoms with Crippen LogP contribution in [0.15, 0.2) is 36.5 Å². The van der Waals surface area contributed by atoms with Crippen molar-refractivity contribution in [2.45, 2.75) is 13.1 Å². The summed E-state index contributed by atoms with van der Waals surface area (Å²) in [5.74, 6) is 0. The van der Waals surface area contributed by atoms with E-state index in [1.54, 1.807) is 19.1 Å². The number of rotatable bonds is 5. The first-order valence-electron chi connectivity index (χ1n) is 4.06. The van der Waals surface area contributed by atoms with Crippen LogP contribution in [0.4, 0.5) is 4.39 Å². The lowest BCUT2D eigenvalue weighted by Gasteiger charge is -1.90. The van der Waals surface area contributed by atoms with Crippen LogP contribution < -0.4 is 5.32 Å². The minimum Gasteiger partial charge on any atom is -0.316 e. The molecule has 1 atom stereocenters. The van der Waals surface area contributed by atoms with Crippen molar-refractivity contribution in [3.05, 3.63) is 36.5 Å². The molecule has 0 rings (SSSR count). The van der Waals surface area contributed by atoms with E-state index in [1.807, 2.05) is 19.2 Å². The lowest BCUT2D eigenvalue weighted by atomic mass is 10.3. The molecule has 0 radical (unpaired) electrons. The maximum atomic E-state index is 12.7. The average Bonchev–Trinajstić information content (AvgIpc) is 2.05. The molecular weight excluding hydrogens is 153 g/mol. The molecule has 12 heavy (non-hydrogen) atoms. The molecule has 0 saturated carbocycles. The van der Waals surface area contributed by atoms with Crippen LogP contribution in [0.3, 0.4) is 0 Å². The molecule has 0 amide bonds. The Balaban J connectivity index is 3.60. The van der Waals surface area contributed by atoms with Gasteiger partial charge in [-0.05, 0) is 20.0 Å². The predicted molar refractivity (Wildman–Crippen MR) is 51.9 cm³/mol. The van der Waals surface area contributed by atoms with E-state index in [0.717, 1.165) is 6.54 Å². The Morgan fingerprint density at radius 3 is 2.67 bits per heavy atom. The highest BCUT2D eigenvalue weighted by atomic mass is 19.1. The molecule has 1 unspecified atom stereocenters. The molecule has 0 aliphatic heterocycles. The van der Waals surface area contributed by atoms with Crippen LogP contribution in [0, 0.1) is 0 Å². The third-order valence-corrected chi connectivity index (χ3v) is 1.24. The minimum atomic E-state index is -0.964. The second-order valence-electron chi connectivity index (χ2n) is 2.34. The summed E-state index contributed by atoms with van der Waals surface area (Å²) in [6, 6.07) is 0. The van der Waals surface area contributed by atoms with Gasteiger partial charge in [0, 0.05) is 6.54 Å². The highest BCUT2D eigenvalue weighted by Gasteiger charge is 1.89.